The van der Waals surface area contributed by atoms with Crippen molar-refractivity contribution < 1.29 is 19.8 Å². The zero-order valence-electron chi connectivity index (χ0n) is 10.2. The zero-order valence-corrected chi connectivity index (χ0v) is 10.2. The van der Waals surface area contributed by atoms with Gasteiger partial charge >= 0.3 is 11.9 Å². The Hall–Kier alpha value is -1.36. The van der Waals surface area contributed by atoms with Gasteiger partial charge in [-0.25, -0.2) is 0 Å². The van der Waals surface area contributed by atoms with Crippen LogP contribution in [0.3, 0.4) is 0 Å². The van der Waals surface area contributed by atoms with Crippen molar-refractivity contribution in [3.8, 4) is 0 Å². The lowest BCUT2D eigenvalue weighted by Crippen LogP contribution is -2.46. The van der Waals surface area contributed by atoms with Crippen molar-refractivity contribution in [1.82, 2.24) is 4.90 Å². The second kappa shape index (κ2) is 5.82. The number of hydrogen-bond donors (Lipinski definition) is 2. The molecule has 1 fully saturated rings. The van der Waals surface area contributed by atoms with E-state index in [1.807, 2.05) is 24.8 Å². The van der Waals surface area contributed by atoms with E-state index in [1.54, 1.807) is 0 Å². The van der Waals surface area contributed by atoms with Crippen LogP contribution >= 0.6 is 0 Å². The van der Waals surface area contributed by atoms with Gasteiger partial charge in [0.25, 0.3) is 0 Å². The third kappa shape index (κ3) is 3.85. The molecule has 0 radical (unpaired) electrons. The summed E-state index contributed by atoms with van der Waals surface area (Å²) in [7, 11) is 0. The molecule has 0 saturated carbocycles. The smallest absolute Gasteiger partial charge is 0.308 e. The fourth-order valence-corrected chi connectivity index (χ4v) is 2.04. The van der Waals surface area contributed by atoms with E-state index < -0.39 is 23.8 Å². The normalized spacial score (nSPS) is 25.3. The highest BCUT2D eigenvalue weighted by atomic mass is 16.4. The molecular formula is C12H19NO4. The van der Waals surface area contributed by atoms with E-state index >= 15 is 0 Å². The van der Waals surface area contributed by atoms with Gasteiger partial charge in [0.15, 0.2) is 0 Å². The lowest BCUT2D eigenvalue weighted by molar-refractivity contribution is -0.157. The second-order valence-corrected chi connectivity index (χ2v) is 4.72. The lowest BCUT2D eigenvalue weighted by atomic mass is 9.85. The molecule has 1 rings (SSSR count). The first kappa shape index (κ1) is 13.7. The molecule has 17 heavy (non-hydrogen) atoms. The summed E-state index contributed by atoms with van der Waals surface area (Å²) in [6.07, 6.45) is 2.43. The van der Waals surface area contributed by atoms with Gasteiger partial charge in [0.05, 0.1) is 11.8 Å². The summed E-state index contributed by atoms with van der Waals surface area (Å²) >= 11 is 0. The van der Waals surface area contributed by atoms with Crippen molar-refractivity contribution in [2.45, 2.75) is 20.3 Å². The SMILES string of the molecule is CC(C)=CCN1CCC(C(=O)O)C(C(=O)O)C1. The van der Waals surface area contributed by atoms with Crippen molar-refractivity contribution in [1.29, 1.82) is 0 Å². The molecule has 0 bridgehead atoms. The fourth-order valence-electron chi connectivity index (χ4n) is 2.04. The number of hydrogen-bond acceptors (Lipinski definition) is 3. The Morgan fingerprint density at radius 1 is 1.24 bits per heavy atom. The van der Waals surface area contributed by atoms with E-state index in [1.165, 1.54) is 5.57 Å². The van der Waals surface area contributed by atoms with Gasteiger partial charge in [-0.1, -0.05) is 11.6 Å². The number of carbonyl (C=O) groups is 2. The number of nitrogens with zero attached hydrogens (tertiary/aromatic N) is 1. The van der Waals surface area contributed by atoms with Gasteiger partial charge in [-0.15, -0.1) is 0 Å². The van der Waals surface area contributed by atoms with Crippen molar-refractivity contribution in [2.75, 3.05) is 19.6 Å². The van der Waals surface area contributed by atoms with Crippen LogP contribution in [0.2, 0.25) is 0 Å². The molecule has 5 nitrogen and oxygen atoms in total. The van der Waals surface area contributed by atoms with E-state index in [-0.39, 0.29) is 0 Å². The first-order chi connectivity index (χ1) is 7.91. The van der Waals surface area contributed by atoms with E-state index in [4.69, 9.17) is 10.2 Å². The van der Waals surface area contributed by atoms with Crippen LogP contribution < -0.4 is 0 Å². The predicted octanol–water partition coefficient (Wildman–Crippen LogP) is 1.06. The minimum atomic E-state index is -1.01. The van der Waals surface area contributed by atoms with Gasteiger partial charge in [0.2, 0.25) is 0 Å². The average Bonchev–Trinajstić information content (AvgIpc) is 2.25. The van der Waals surface area contributed by atoms with Crippen LogP contribution in [0, 0.1) is 11.8 Å². The van der Waals surface area contributed by atoms with Crippen molar-refractivity contribution in [3.05, 3.63) is 11.6 Å². The minimum absolute atomic E-state index is 0.316. The topological polar surface area (TPSA) is 77.8 Å². The Morgan fingerprint density at radius 2 is 1.82 bits per heavy atom. The average molecular weight is 241 g/mol. The number of likely N-dealkylation sites (tertiary alicyclic amines) is 1. The molecule has 2 atom stereocenters. The molecule has 1 heterocycles. The summed E-state index contributed by atoms with van der Waals surface area (Å²) in [5.41, 5.74) is 1.18. The number of allylic oxidation sites excluding steroid dienone is 1. The monoisotopic (exact) mass is 241 g/mol. The van der Waals surface area contributed by atoms with E-state index in [0.717, 1.165) is 0 Å². The van der Waals surface area contributed by atoms with Crippen LogP contribution in [-0.4, -0.2) is 46.7 Å². The molecule has 0 spiro atoms. The first-order valence-electron chi connectivity index (χ1n) is 5.73. The maximum Gasteiger partial charge on any atom is 0.308 e. The Kier molecular flexibility index (Phi) is 4.69. The fraction of sp³-hybridized carbons (Fsp3) is 0.667. The molecule has 0 aromatic carbocycles. The molecule has 0 amide bonds. The quantitative estimate of drug-likeness (QED) is 0.720. The second-order valence-electron chi connectivity index (χ2n) is 4.72. The van der Waals surface area contributed by atoms with Crippen LogP contribution in [0.15, 0.2) is 11.6 Å². The Balaban J connectivity index is 2.65. The van der Waals surface area contributed by atoms with Gasteiger partial charge < -0.3 is 10.2 Å². The molecule has 0 aromatic rings. The van der Waals surface area contributed by atoms with Crippen LogP contribution in [0.5, 0.6) is 0 Å². The summed E-state index contributed by atoms with van der Waals surface area (Å²) in [6.45, 7) is 5.62. The zero-order chi connectivity index (χ0) is 13.0. The summed E-state index contributed by atoms with van der Waals surface area (Å²) in [6, 6.07) is 0. The van der Waals surface area contributed by atoms with E-state index in [2.05, 4.69) is 0 Å². The first-order valence-corrected chi connectivity index (χ1v) is 5.73. The maximum atomic E-state index is 11.0. The van der Waals surface area contributed by atoms with Crippen molar-refractivity contribution in [3.63, 3.8) is 0 Å². The number of carboxylic acid groups (broad SMARTS) is 2. The van der Waals surface area contributed by atoms with Gasteiger partial charge in [0, 0.05) is 13.1 Å². The largest absolute Gasteiger partial charge is 0.481 e. The van der Waals surface area contributed by atoms with Gasteiger partial charge in [-0.2, -0.15) is 0 Å². The molecule has 1 aliphatic heterocycles. The van der Waals surface area contributed by atoms with Crippen LogP contribution in [-0.2, 0) is 9.59 Å². The highest BCUT2D eigenvalue weighted by Gasteiger charge is 2.38. The third-order valence-electron chi connectivity index (χ3n) is 3.09. The predicted molar refractivity (Wildman–Crippen MR) is 62.7 cm³/mol. The summed E-state index contributed by atoms with van der Waals surface area (Å²) in [4.78, 5) is 24.0. The minimum Gasteiger partial charge on any atom is -0.481 e. The third-order valence-corrected chi connectivity index (χ3v) is 3.09. The van der Waals surface area contributed by atoms with Gasteiger partial charge in [-0.3, -0.25) is 14.5 Å². The molecule has 1 aliphatic rings. The molecular weight excluding hydrogens is 222 g/mol. The summed E-state index contributed by atoms with van der Waals surface area (Å²) in [5.74, 6) is -3.57. The number of carboxylic acids is 2. The Morgan fingerprint density at radius 3 is 2.29 bits per heavy atom. The molecule has 2 unspecified atom stereocenters. The number of aliphatic carboxylic acids is 2. The van der Waals surface area contributed by atoms with Crippen LogP contribution in [0.25, 0.3) is 0 Å². The standard InChI is InChI=1S/C12H19NO4/c1-8(2)3-5-13-6-4-9(11(14)15)10(7-13)12(16)17/h3,9-10H,4-7H2,1-2H3,(H,14,15)(H,16,17). The van der Waals surface area contributed by atoms with E-state index in [0.29, 0.717) is 26.1 Å². The van der Waals surface area contributed by atoms with Crippen LogP contribution in [0.1, 0.15) is 20.3 Å². The lowest BCUT2D eigenvalue weighted by Gasteiger charge is -2.33. The summed E-state index contributed by atoms with van der Waals surface area (Å²) in [5, 5.41) is 18.0. The van der Waals surface area contributed by atoms with Gasteiger partial charge in [-0.05, 0) is 26.8 Å². The van der Waals surface area contributed by atoms with Crippen LogP contribution in [0.4, 0.5) is 0 Å². The molecule has 96 valence electrons. The van der Waals surface area contributed by atoms with Gasteiger partial charge in [0.1, 0.15) is 0 Å². The molecule has 2 N–H and O–H groups in total. The maximum absolute atomic E-state index is 11.0. The molecule has 5 heteroatoms. The molecule has 0 aliphatic carbocycles. The van der Waals surface area contributed by atoms with E-state index in [9.17, 15) is 9.59 Å². The van der Waals surface area contributed by atoms with Crippen molar-refractivity contribution in [2.24, 2.45) is 11.8 Å². The van der Waals surface area contributed by atoms with Crippen molar-refractivity contribution >= 4 is 11.9 Å². The Labute approximate surface area is 101 Å². The summed E-state index contributed by atoms with van der Waals surface area (Å²) < 4.78 is 0. The molecule has 1 saturated heterocycles. The molecule has 0 aromatic heterocycles. The number of piperidine rings is 1. The Bertz CT molecular complexity index is 333. The highest BCUT2D eigenvalue weighted by molar-refractivity contribution is 5.80. The highest BCUT2D eigenvalue weighted by Crippen LogP contribution is 2.24. The number of rotatable bonds is 4.